The third-order valence-corrected chi connectivity index (χ3v) is 6.24. The quantitative estimate of drug-likeness (QED) is 0.747. The van der Waals surface area contributed by atoms with Crippen LogP contribution in [0.5, 0.6) is 0 Å². The lowest BCUT2D eigenvalue weighted by molar-refractivity contribution is -0.137. The number of aliphatic carboxylic acids is 1. The van der Waals surface area contributed by atoms with E-state index in [2.05, 4.69) is 15.9 Å². The van der Waals surface area contributed by atoms with Gasteiger partial charge in [-0.15, -0.1) is 11.3 Å². The second-order valence-corrected chi connectivity index (χ2v) is 7.09. The third kappa shape index (κ3) is 3.51. The standard InChI is InChI=1S/C8H9BrN2O5S2/c9-5-1-2-17-8(5)18(15,16)11(3-6(10)12)4-7(13)14/h1-2H,3-4H2,(H2,10,12)(H,13,14). The number of carboxylic acid groups (broad SMARTS) is 1. The largest absolute Gasteiger partial charge is 0.480 e. The van der Waals surface area contributed by atoms with E-state index in [-0.39, 0.29) is 4.21 Å². The molecule has 0 fully saturated rings. The topological polar surface area (TPSA) is 118 Å². The van der Waals surface area contributed by atoms with Gasteiger partial charge in [0.15, 0.2) is 0 Å². The van der Waals surface area contributed by atoms with Crippen LogP contribution in [0.15, 0.2) is 20.1 Å². The summed E-state index contributed by atoms with van der Waals surface area (Å²) in [5, 5.41) is 10.2. The third-order valence-electron chi connectivity index (χ3n) is 1.80. The summed E-state index contributed by atoms with van der Waals surface area (Å²) in [6.07, 6.45) is 0. The predicted octanol–water partition coefficient (Wildman–Crippen LogP) is 0.0712. The number of amides is 1. The number of carbonyl (C=O) groups excluding carboxylic acids is 1. The first-order chi connectivity index (χ1) is 8.25. The molecule has 7 nitrogen and oxygen atoms in total. The van der Waals surface area contributed by atoms with Crippen molar-refractivity contribution in [1.29, 1.82) is 0 Å². The van der Waals surface area contributed by atoms with E-state index < -0.39 is 35.0 Å². The smallest absolute Gasteiger partial charge is 0.318 e. The number of primary amides is 1. The van der Waals surface area contributed by atoms with Crippen LogP contribution >= 0.6 is 27.3 Å². The van der Waals surface area contributed by atoms with E-state index in [9.17, 15) is 18.0 Å². The van der Waals surface area contributed by atoms with Crippen LogP contribution in [0.4, 0.5) is 0 Å². The van der Waals surface area contributed by atoms with Crippen molar-refractivity contribution in [3.05, 3.63) is 15.9 Å². The number of carboxylic acids is 1. The van der Waals surface area contributed by atoms with Gasteiger partial charge in [0.25, 0.3) is 10.0 Å². The van der Waals surface area contributed by atoms with Crippen LogP contribution in [0.3, 0.4) is 0 Å². The summed E-state index contributed by atoms with van der Waals surface area (Å²) < 4.78 is 25.0. The maximum Gasteiger partial charge on any atom is 0.318 e. The lowest BCUT2D eigenvalue weighted by atomic mass is 10.5. The zero-order chi connectivity index (χ0) is 13.9. The fourth-order valence-electron chi connectivity index (χ4n) is 1.13. The minimum absolute atomic E-state index is 0.0648. The average molecular weight is 357 g/mol. The molecule has 0 radical (unpaired) electrons. The van der Waals surface area contributed by atoms with Gasteiger partial charge in [-0.25, -0.2) is 8.42 Å². The van der Waals surface area contributed by atoms with E-state index in [1.54, 1.807) is 0 Å². The molecule has 10 heteroatoms. The molecule has 0 saturated carbocycles. The van der Waals surface area contributed by atoms with Crippen molar-refractivity contribution in [2.24, 2.45) is 5.73 Å². The Balaban J connectivity index is 3.15. The number of thiophene rings is 1. The summed E-state index contributed by atoms with van der Waals surface area (Å²) in [5.74, 6) is -2.29. The number of nitrogens with zero attached hydrogens (tertiary/aromatic N) is 1. The Morgan fingerprint density at radius 2 is 2.06 bits per heavy atom. The van der Waals surface area contributed by atoms with Gasteiger partial charge in [0.05, 0.1) is 6.54 Å². The number of nitrogens with two attached hydrogens (primary N) is 1. The molecule has 0 bridgehead atoms. The van der Waals surface area contributed by atoms with Crippen molar-refractivity contribution in [3.8, 4) is 0 Å². The number of halogens is 1. The van der Waals surface area contributed by atoms with Gasteiger partial charge in [-0.2, -0.15) is 4.31 Å². The number of carbonyl (C=O) groups is 2. The monoisotopic (exact) mass is 356 g/mol. The minimum Gasteiger partial charge on any atom is -0.480 e. The molecule has 0 aromatic carbocycles. The predicted molar refractivity (Wildman–Crippen MR) is 67.6 cm³/mol. The number of sulfonamides is 1. The van der Waals surface area contributed by atoms with Crippen molar-refractivity contribution in [2.45, 2.75) is 4.21 Å². The first-order valence-electron chi connectivity index (χ1n) is 4.48. The number of rotatable bonds is 6. The highest BCUT2D eigenvalue weighted by Gasteiger charge is 2.30. The average Bonchev–Trinajstić information content (AvgIpc) is 2.62. The Bertz CT molecular complexity index is 552. The van der Waals surface area contributed by atoms with Gasteiger partial charge < -0.3 is 10.8 Å². The molecule has 3 N–H and O–H groups in total. The summed E-state index contributed by atoms with van der Waals surface area (Å²) in [6, 6.07) is 1.51. The Hall–Kier alpha value is -0.970. The molecule has 0 aliphatic carbocycles. The molecule has 0 saturated heterocycles. The molecule has 100 valence electrons. The van der Waals surface area contributed by atoms with E-state index >= 15 is 0 Å². The van der Waals surface area contributed by atoms with Crippen LogP contribution in [-0.2, 0) is 19.6 Å². The molecule has 0 aliphatic rings. The highest BCUT2D eigenvalue weighted by molar-refractivity contribution is 9.10. The van der Waals surface area contributed by atoms with E-state index in [1.165, 1.54) is 11.4 Å². The minimum atomic E-state index is -4.06. The second-order valence-electron chi connectivity index (χ2n) is 3.19. The molecular formula is C8H9BrN2O5S2. The Labute approximate surface area is 115 Å². The van der Waals surface area contributed by atoms with E-state index in [4.69, 9.17) is 10.8 Å². The molecule has 18 heavy (non-hydrogen) atoms. The van der Waals surface area contributed by atoms with E-state index in [1.807, 2.05) is 0 Å². The maximum absolute atomic E-state index is 12.1. The molecule has 0 aliphatic heterocycles. The van der Waals surface area contributed by atoms with Crippen LogP contribution < -0.4 is 5.73 Å². The van der Waals surface area contributed by atoms with Crippen molar-refractivity contribution in [3.63, 3.8) is 0 Å². The van der Waals surface area contributed by atoms with Crippen molar-refractivity contribution < 1.29 is 23.1 Å². The summed E-state index contributed by atoms with van der Waals surface area (Å²) >= 11 is 3.96. The van der Waals surface area contributed by atoms with E-state index in [0.29, 0.717) is 8.78 Å². The van der Waals surface area contributed by atoms with Gasteiger partial charge in [0.2, 0.25) is 5.91 Å². The molecule has 1 rings (SSSR count). The molecular weight excluding hydrogens is 348 g/mol. The maximum atomic E-state index is 12.1. The van der Waals surface area contributed by atoms with Crippen LogP contribution in [0.2, 0.25) is 0 Å². The normalized spacial score (nSPS) is 11.7. The number of hydrogen-bond donors (Lipinski definition) is 2. The van der Waals surface area contributed by atoms with Gasteiger partial charge in [0.1, 0.15) is 10.8 Å². The van der Waals surface area contributed by atoms with Gasteiger partial charge in [-0.1, -0.05) is 0 Å². The van der Waals surface area contributed by atoms with E-state index in [0.717, 1.165) is 11.3 Å². The molecule has 1 aromatic heterocycles. The van der Waals surface area contributed by atoms with Crippen LogP contribution in [0, 0.1) is 0 Å². The van der Waals surface area contributed by atoms with Crippen molar-refractivity contribution in [2.75, 3.05) is 13.1 Å². The summed E-state index contributed by atoms with van der Waals surface area (Å²) in [4.78, 5) is 21.4. The molecule has 0 spiro atoms. The Morgan fingerprint density at radius 3 is 2.44 bits per heavy atom. The van der Waals surface area contributed by atoms with Crippen molar-refractivity contribution >= 4 is 49.2 Å². The molecule has 0 atom stereocenters. The highest BCUT2D eigenvalue weighted by Crippen LogP contribution is 2.30. The highest BCUT2D eigenvalue weighted by atomic mass is 79.9. The number of hydrogen-bond acceptors (Lipinski definition) is 5. The lowest BCUT2D eigenvalue weighted by Crippen LogP contribution is -2.41. The fourth-order valence-corrected chi connectivity index (χ4v) is 4.94. The Kier molecular flexibility index (Phi) is 4.85. The summed E-state index contributed by atoms with van der Waals surface area (Å²) in [5.41, 5.74) is 4.91. The van der Waals surface area contributed by atoms with Gasteiger partial charge in [-0.3, -0.25) is 9.59 Å². The summed E-state index contributed by atoms with van der Waals surface area (Å²) in [6.45, 7) is -1.51. The summed E-state index contributed by atoms with van der Waals surface area (Å²) in [7, 11) is -4.06. The van der Waals surface area contributed by atoms with Crippen LogP contribution in [-0.4, -0.2) is 42.8 Å². The molecule has 1 heterocycles. The van der Waals surface area contributed by atoms with Crippen molar-refractivity contribution in [1.82, 2.24) is 4.31 Å². The second kappa shape index (κ2) is 5.78. The van der Waals surface area contributed by atoms with Gasteiger partial charge >= 0.3 is 5.97 Å². The van der Waals surface area contributed by atoms with Gasteiger partial charge in [0, 0.05) is 4.47 Å². The fraction of sp³-hybridized carbons (Fsp3) is 0.250. The lowest BCUT2D eigenvalue weighted by Gasteiger charge is -2.17. The van der Waals surface area contributed by atoms with Gasteiger partial charge in [-0.05, 0) is 27.4 Å². The molecule has 1 aromatic rings. The first-order valence-corrected chi connectivity index (χ1v) is 7.59. The van der Waals surface area contributed by atoms with Crippen LogP contribution in [0.1, 0.15) is 0 Å². The van der Waals surface area contributed by atoms with Crippen LogP contribution in [0.25, 0.3) is 0 Å². The zero-order valence-electron chi connectivity index (χ0n) is 8.87. The Morgan fingerprint density at radius 1 is 1.44 bits per heavy atom. The molecule has 1 amide bonds. The zero-order valence-corrected chi connectivity index (χ0v) is 12.1. The molecule has 0 unspecified atom stereocenters. The SMILES string of the molecule is NC(=O)CN(CC(=O)O)S(=O)(=O)c1sccc1Br. The first kappa shape index (κ1) is 15.1.